The van der Waals surface area contributed by atoms with Crippen LogP contribution in [-0.4, -0.2) is 0 Å². The molecule has 70 valence electrons. The minimum Gasteiger partial charge on any atom is -0.0807 e. The Bertz CT molecular complexity index is 267. The monoisotopic (exact) mass is 174 g/mol. The number of rotatable bonds is 3. The zero-order valence-corrected chi connectivity index (χ0v) is 8.75. The van der Waals surface area contributed by atoms with Crippen LogP contribution in [0, 0.1) is 5.92 Å². The number of benzene rings is 1. The molecule has 0 heterocycles. The smallest absolute Gasteiger partial charge is 0.0231 e. The van der Waals surface area contributed by atoms with Crippen LogP contribution in [0.1, 0.15) is 32.8 Å². The van der Waals surface area contributed by atoms with Gasteiger partial charge in [-0.1, -0.05) is 50.3 Å². The molecule has 0 fully saturated rings. The molecule has 0 unspecified atom stereocenters. The van der Waals surface area contributed by atoms with Gasteiger partial charge in [0.15, 0.2) is 0 Å². The summed E-state index contributed by atoms with van der Waals surface area (Å²) in [7, 11) is 0. The summed E-state index contributed by atoms with van der Waals surface area (Å²) in [6.07, 6.45) is 3.49. The van der Waals surface area contributed by atoms with Crippen LogP contribution >= 0.6 is 0 Å². The predicted octanol–water partition coefficient (Wildman–Crippen LogP) is 4.14. The maximum absolute atomic E-state index is 2.32. The molecule has 0 aliphatic carbocycles. The van der Waals surface area contributed by atoms with E-state index in [4.69, 9.17) is 0 Å². The predicted molar refractivity (Wildman–Crippen MR) is 59.5 cm³/mol. The highest BCUT2D eigenvalue weighted by Gasteiger charge is 1.94. The summed E-state index contributed by atoms with van der Waals surface area (Å²) in [5.74, 6) is 0.749. The SMILES string of the molecule is CC(=CCC(C)C)c1ccccc1. The van der Waals surface area contributed by atoms with E-state index in [9.17, 15) is 0 Å². The Morgan fingerprint density at radius 1 is 1.23 bits per heavy atom. The standard InChI is InChI=1S/C13H18/c1-11(2)9-10-12(3)13-7-5-4-6-8-13/h4-8,10-11H,9H2,1-3H3. The van der Waals surface area contributed by atoms with Crippen molar-refractivity contribution in [2.24, 2.45) is 5.92 Å². The maximum Gasteiger partial charge on any atom is -0.0231 e. The van der Waals surface area contributed by atoms with Gasteiger partial charge in [0.2, 0.25) is 0 Å². The van der Waals surface area contributed by atoms with Gasteiger partial charge in [-0.3, -0.25) is 0 Å². The molecule has 0 radical (unpaired) electrons. The molecule has 0 saturated carbocycles. The zero-order chi connectivity index (χ0) is 9.68. The average Bonchev–Trinajstić information content (AvgIpc) is 2.15. The molecule has 0 amide bonds. The number of hydrogen-bond acceptors (Lipinski definition) is 0. The second kappa shape index (κ2) is 4.86. The fraction of sp³-hybridized carbons (Fsp3) is 0.385. The summed E-state index contributed by atoms with van der Waals surface area (Å²) >= 11 is 0. The van der Waals surface area contributed by atoms with Gasteiger partial charge in [0.25, 0.3) is 0 Å². The van der Waals surface area contributed by atoms with Gasteiger partial charge in [-0.15, -0.1) is 0 Å². The minimum absolute atomic E-state index is 0.749. The summed E-state index contributed by atoms with van der Waals surface area (Å²) in [5, 5.41) is 0. The summed E-state index contributed by atoms with van der Waals surface area (Å²) in [4.78, 5) is 0. The van der Waals surface area contributed by atoms with Crippen molar-refractivity contribution < 1.29 is 0 Å². The van der Waals surface area contributed by atoms with E-state index in [0.29, 0.717) is 0 Å². The summed E-state index contributed by atoms with van der Waals surface area (Å²) in [6.45, 7) is 6.67. The Labute approximate surface area is 81.3 Å². The van der Waals surface area contributed by atoms with E-state index < -0.39 is 0 Å². The van der Waals surface area contributed by atoms with Crippen LogP contribution in [0.15, 0.2) is 36.4 Å². The van der Waals surface area contributed by atoms with Crippen LogP contribution < -0.4 is 0 Å². The van der Waals surface area contributed by atoms with Gasteiger partial charge in [-0.05, 0) is 30.4 Å². The van der Waals surface area contributed by atoms with Gasteiger partial charge >= 0.3 is 0 Å². The zero-order valence-electron chi connectivity index (χ0n) is 8.75. The van der Waals surface area contributed by atoms with Gasteiger partial charge in [0, 0.05) is 0 Å². The van der Waals surface area contributed by atoms with Crippen LogP contribution in [0.3, 0.4) is 0 Å². The van der Waals surface area contributed by atoms with E-state index in [0.717, 1.165) is 5.92 Å². The summed E-state index contributed by atoms with van der Waals surface area (Å²) in [5.41, 5.74) is 2.72. The third-order valence-corrected chi connectivity index (χ3v) is 2.12. The quantitative estimate of drug-likeness (QED) is 0.646. The third kappa shape index (κ3) is 3.45. The molecule has 0 aromatic heterocycles. The fourth-order valence-corrected chi connectivity index (χ4v) is 1.23. The van der Waals surface area contributed by atoms with Gasteiger partial charge < -0.3 is 0 Å². The molecule has 0 aliphatic heterocycles. The molecule has 0 atom stereocenters. The van der Waals surface area contributed by atoms with Crippen molar-refractivity contribution in [3.8, 4) is 0 Å². The van der Waals surface area contributed by atoms with Crippen LogP contribution in [0.4, 0.5) is 0 Å². The molecule has 0 saturated heterocycles. The first-order chi connectivity index (χ1) is 6.20. The Kier molecular flexibility index (Phi) is 3.75. The van der Waals surface area contributed by atoms with Gasteiger partial charge in [-0.25, -0.2) is 0 Å². The van der Waals surface area contributed by atoms with E-state index in [2.05, 4.69) is 57.2 Å². The van der Waals surface area contributed by atoms with Crippen LogP contribution in [0.25, 0.3) is 5.57 Å². The first-order valence-corrected chi connectivity index (χ1v) is 4.92. The van der Waals surface area contributed by atoms with E-state index in [1.165, 1.54) is 17.6 Å². The lowest BCUT2D eigenvalue weighted by Gasteiger charge is -2.03. The Morgan fingerprint density at radius 2 is 1.85 bits per heavy atom. The van der Waals surface area contributed by atoms with Crippen LogP contribution in [0.2, 0.25) is 0 Å². The van der Waals surface area contributed by atoms with Crippen molar-refractivity contribution in [1.29, 1.82) is 0 Å². The largest absolute Gasteiger partial charge is 0.0807 e. The highest BCUT2D eigenvalue weighted by molar-refractivity contribution is 5.63. The molecule has 0 spiro atoms. The van der Waals surface area contributed by atoms with E-state index in [1.54, 1.807) is 0 Å². The molecule has 0 nitrogen and oxygen atoms in total. The van der Waals surface area contributed by atoms with E-state index in [1.807, 2.05) is 0 Å². The molecule has 1 aromatic rings. The van der Waals surface area contributed by atoms with Gasteiger partial charge in [0.1, 0.15) is 0 Å². The van der Waals surface area contributed by atoms with Crippen molar-refractivity contribution in [3.05, 3.63) is 42.0 Å². The molecule has 0 bridgehead atoms. The second-order valence-electron chi connectivity index (χ2n) is 3.88. The summed E-state index contributed by atoms with van der Waals surface area (Å²) in [6, 6.07) is 10.5. The average molecular weight is 174 g/mol. The van der Waals surface area contributed by atoms with Crippen molar-refractivity contribution in [3.63, 3.8) is 0 Å². The molecule has 0 aliphatic rings. The molecular formula is C13H18. The normalized spacial score (nSPS) is 12.2. The van der Waals surface area contributed by atoms with Gasteiger partial charge in [0.05, 0.1) is 0 Å². The van der Waals surface area contributed by atoms with Crippen LogP contribution in [-0.2, 0) is 0 Å². The Hall–Kier alpha value is -1.04. The molecular weight excluding hydrogens is 156 g/mol. The Balaban J connectivity index is 2.68. The van der Waals surface area contributed by atoms with Crippen molar-refractivity contribution >= 4 is 5.57 Å². The molecule has 13 heavy (non-hydrogen) atoms. The highest BCUT2D eigenvalue weighted by atomic mass is 14.0. The highest BCUT2D eigenvalue weighted by Crippen LogP contribution is 2.15. The van der Waals surface area contributed by atoms with Crippen molar-refractivity contribution in [2.45, 2.75) is 27.2 Å². The van der Waals surface area contributed by atoms with E-state index in [-0.39, 0.29) is 0 Å². The Morgan fingerprint density at radius 3 is 2.38 bits per heavy atom. The van der Waals surface area contributed by atoms with Crippen LogP contribution in [0.5, 0.6) is 0 Å². The number of allylic oxidation sites excluding steroid dienone is 2. The second-order valence-corrected chi connectivity index (χ2v) is 3.88. The van der Waals surface area contributed by atoms with Crippen molar-refractivity contribution in [2.75, 3.05) is 0 Å². The van der Waals surface area contributed by atoms with Gasteiger partial charge in [-0.2, -0.15) is 0 Å². The minimum atomic E-state index is 0.749. The first kappa shape index (κ1) is 10.0. The lowest BCUT2D eigenvalue weighted by molar-refractivity contribution is 0.664. The lowest BCUT2D eigenvalue weighted by atomic mass is 10.0. The third-order valence-electron chi connectivity index (χ3n) is 2.12. The van der Waals surface area contributed by atoms with Crippen molar-refractivity contribution in [1.82, 2.24) is 0 Å². The molecule has 1 rings (SSSR count). The lowest BCUT2D eigenvalue weighted by Crippen LogP contribution is -1.84. The maximum atomic E-state index is 2.32. The number of hydrogen-bond donors (Lipinski definition) is 0. The molecule has 1 aromatic carbocycles. The first-order valence-electron chi connectivity index (χ1n) is 4.92. The fourth-order valence-electron chi connectivity index (χ4n) is 1.23. The topological polar surface area (TPSA) is 0 Å². The summed E-state index contributed by atoms with van der Waals surface area (Å²) < 4.78 is 0. The van der Waals surface area contributed by atoms with E-state index >= 15 is 0 Å². The molecule has 0 heteroatoms. The molecule has 0 N–H and O–H groups in total.